The Bertz CT molecular complexity index is 690. The minimum atomic E-state index is -1.30. The van der Waals surface area contributed by atoms with Crippen molar-refractivity contribution in [2.75, 3.05) is 0 Å². The van der Waals surface area contributed by atoms with Crippen LogP contribution < -0.4 is 5.11 Å². The average Bonchev–Trinajstić information content (AvgIpc) is 2.77. The maximum absolute atomic E-state index is 12.6. The van der Waals surface area contributed by atoms with E-state index in [9.17, 15) is 14.7 Å². The number of carbonyl (C=O) groups is 2. The fraction of sp³-hybridized carbons (Fsp3) is 0.312. The van der Waals surface area contributed by atoms with Gasteiger partial charge in [0.25, 0.3) is 5.91 Å². The van der Waals surface area contributed by atoms with Crippen LogP contribution in [0, 0.1) is 5.92 Å². The smallest absolute Gasteiger partial charge is 0.266 e. The Morgan fingerprint density at radius 2 is 2.13 bits per heavy atom. The maximum atomic E-state index is 12.6. The molecular formula is C16H15ClNO3S2-. The van der Waals surface area contributed by atoms with E-state index in [1.165, 1.54) is 0 Å². The van der Waals surface area contributed by atoms with E-state index in [0.29, 0.717) is 21.9 Å². The van der Waals surface area contributed by atoms with Crippen molar-refractivity contribution in [2.24, 2.45) is 5.92 Å². The summed E-state index contributed by atoms with van der Waals surface area (Å²) in [5.74, 6) is -1.98. The number of nitrogens with zero attached hydrogens (tertiary/aromatic N) is 1. The third-order valence-corrected chi connectivity index (χ3v) is 5.39. The normalized spacial score (nSPS) is 19.3. The molecule has 0 N–H and O–H groups in total. The number of halogens is 1. The summed E-state index contributed by atoms with van der Waals surface area (Å²) >= 11 is 12.4. The Morgan fingerprint density at radius 1 is 1.48 bits per heavy atom. The first-order chi connectivity index (χ1) is 10.9. The Hall–Kier alpha value is -1.37. The SMILES string of the molecule is CC[C@@H](C)[C@H](C(=O)[O-])N1C(=O)/C(=C/c2ccccc2Cl)SC1=S. The van der Waals surface area contributed by atoms with Gasteiger partial charge in [0.15, 0.2) is 0 Å². The number of hydrogen-bond donors (Lipinski definition) is 0. The number of benzene rings is 1. The molecule has 0 bridgehead atoms. The molecule has 1 amide bonds. The van der Waals surface area contributed by atoms with E-state index < -0.39 is 17.9 Å². The van der Waals surface area contributed by atoms with E-state index in [1.807, 2.05) is 13.0 Å². The molecule has 1 aliphatic rings. The molecule has 7 heteroatoms. The summed E-state index contributed by atoms with van der Waals surface area (Å²) in [7, 11) is 0. The van der Waals surface area contributed by atoms with Gasteiger partial charge in [-0.2, -0.15) is 0 Å². The van der Waals surface area contributed by atoms with Gasteiger partial charge in [0, 0.05) is 5.02 Å². The molecule has 0 unspecified atom stereocenters. The van der Waals surface area contributed by atoms with Crippen molar-refractivity contribution < 1.29 is 14.7 Å². The third-order valence-electron chi connectivity index (χ3n) is 3.72. The monoisotopic (exact) mass is 368 g/mol. The van der Waals surface area contributed by atoms with Gasteiger partial charge in [-0.3, -0.25) is 9.69 Å². The van der Waals surface area contributed by atoms with Crippen LogP contribution in [0.3, 0.4) is 0 Å². The number of carboxylic acids is 1. The Morgan fingerprint density at radius 3 is 2.70 bits per heavy atom. The molecule has 0 aromatic heterocycles. The molecule has 0 aliphatic carbocycles. The molecule has 1 fully saturated rings. The highest BCUT2D eigenvalue weighted by Crippen LogP contribution is 2.36. The van der Waals surface area contributed by atoms with E-state index in [0.717, 1.165) is 16.7 Å². The molecule has 2 rings (SSSR count). The summed E-state index contributed by atoms with van der Waals surface area (Å²) in [5, 5.41) is 12.0. The molecule has 4 nitrogen and oxygen atoms in total. The van der Waals surface area contributed by atoms with E-state index >= 15 is 0 Å². The van der Waals surface area contributed by atoms with Crippen molar-refractivity contribution in [3.63, 3.8) is 0 Å². The number of carbonyl (C=O) groups excluding carboxylic acids is 2. The molecule has 1 saturated heterocycles. The third kappa shape index (κ3) is 3.76. The topological polar surface area (TPSA) is 60.4 Å². The number of rotatable bonds is 5. The number of aliphatic carboxylic acids is 1. The summed E-state index contributed by atoms with van der Waals surface area (Å²) in [6.07, 6.45) is 2.23. The standard InChI is InChI=1S/C16H16ClNO3S2/c1-3-9(2)13(15(20)21)18-14(19)12(23-16(18)22)8-10-6-4-5-7-11(10)17/h4-9,13H,3H2,1-2H3,(H,20,21)/p-1/b12-8-/t9-,13-/m1/s1. The van der Waals surface area contributed by atoms with Crippen LogP contribution in [-0.2, 0) is 9.59 Å². The molecule has 1 aromatic carbocycles. The minimum absolute atomic E-state index is 0.225. The van der Waals surface area contributed by atoms with E-state index in [-0.39, 0.29) is 10.2 Å². The van der Waals surface area contributed by atoms with Gasteiger partial charge in [-0.25, -0.2) is 0 Å². The number of thioether (sulfide) groups is 1. The molecule has 0 saturated carbocycles. The highest BCUT2D eigenvalue weighted by Gasteiger charge is 2.39. The lowest BCUT2D eigenvalue weighted by molar-refractivity contribution is -0.311. The first-order valence-corrected chi connectivity index (χ1v) is 8.69. The summed E-state index contributed by atoms with van der Waals surface area (Å²) < 4.78 is 0.225. The van der Waals surface area contributed by atoms with Crippen LogP contribution in [0.5, 0.6) is 0 Å². The van der Waals surface area contributed by atoms with Crippen molar-refractivity contribution in [3.8, 4) is 0 Å². The van der Waals surface area contributed by atoms with Gasteiger partial charge in [-0.1, -0.05) is 74.0 Å². The lowest BCUT2D eigenvalue weighted by Crippen LogP contribution is -2.53. The summed E-state index contributed by atoms with van der Waals surface area (Å²) in [4.78, 5) is 25.6. The van der Waals surface area contributed by atoms with Crippen molar-refractivity contribution in [3.05, 3.63) is 39.8 Å². The van der Waals surface area contributed by atoms with Gasteiger partial charge in [0.05, 0.1) is 16.9 Å². The van der Waals surface area contributed by atoms with E-state index in [2.05, 4.69) is 0 Å². The second-order valence-corrected chi connectivity index (χ2v) is 7.31. The summed E-state index contributed by atoms with van der Waals surface area (Å²) in [5.41, 5.74) is 0.684. The summed E-state index contributed by atoms with van der Waals surface area (Å²) in [6, 6.07) is 6.03. The highest BCUT2D eigenvalue weighted by atomic mass is 35.5. The first kappa shape index (κ1) is 18.0. The van der Waals surface area contributed by atoms with Gasteiger partial charge in [-0.05, 0) is 23.6 Å². The van der Waals surface area contributed by atoms with Crippen molar-refractivity contribution in [2.45, 2.75) is 26.3 Å². The molecular weight excluding hydrogens is 354 g/mol. The molecule has 0 radical (unpaired) electrons. The van der Waals surface area contributed by atoms with E-state index in [1.54, 1.807) is 31.2 Å². The number of thiocarbonyl (C=S) groups is 1. The van der Waals surface area contributed by atoms with Crippen LogP contribution in [0.2, 0.25) is 5.02 Å². The summed E-state index contributed by atoms with van der Waals surface area (Å²) in [6.45, 7) is 3.62. The van der Waals surface area contributed by atoms with Crippen LogP contribution >= 0.6 is 35.6 Å². The molecule has 122 valence electrons. The number of carboxylic acid groups (broad SMARTS) is 1. The molecule has 1 heterocycles. The van der Waals surface area contributed by atoms with Crippen molar-refractivity contribution in [1.29, 1.82) is 0 Å². The van der Waals surface area contributed by atoms with Gasteiger partial charge in [-0.15, -0.1) is 0 Å². The zero-order chi connectivity index (χ0) is 17.1. The van der Waals surface area contributed by atoms with Gasteiger partial charge < -0.3 is 9.90 Å². The zero-order valence-corrected chi connectivity index (χ0v) is 15.0. The molecule has 1 aliphatic heterocycles. The quantitative estimate of drug-likeness (QED) is 0.590. The van der Waals surface area contributed by atoms with Gasteiger partial charge in [0.2, 0.25) is 0 Å². The number of amides is 1. The van der Waals surface area contributed by atoms with Crippen LogP contribution in [0.1, 0.15) is 25.8 Å². The van der Waals surface area contributed by atoms with Crippen LogP contribution in [0.15, 0.2) is 29.2 Å². The number of hydrogen-bond acceptors (Lipinski definition) is 5. The molecule has 1 aromatic rings. The Kier molecular flexibility index (Phi) is 5.84. The van der Waals surface area contributed by atoms with Gasteiger partial charge >= 0.3 is 0 Å². The predicted octanol–water partition coefficient (Wildman–Crippen LogP) is 2.71. The van der Waals surface area contributed by atoms with Crippen LogP contribution in [-0.4, -0.2) is 27.1 Å². The largest absolute Gasteiger partial charge is 0.548 e. The highest BCUT2D eigenvalue weighted by molar-refractivity contribution is 8.26. The fourth-order valence-corrected chi connectivity index (χ4v) is 3.78. The van der Waals surface area contributed by atoms with Crippen LogP contribution in [0.25, 0.3) is 6.08 Å². The lowest BCUT2D eigenvalue weighted by atomic mass is 9.98. The fourth-order valence-electron chi connectivity index (χ4n) is 2.27. The zero-order valence-electron chi connectivity index (χ0n) is 12.6. The predicted molar refractivity (Wildman–Crippen MR) is 94.7 cm³/mol. The maximum Gasteiger partial charge on any atom is 0.266 e. The second-order valence-electron chi connectivity index (χ2n) is 5.22. The Labute approximate surface area is 149 Å². The lowest BCUT2D eigenvalue weighted by Gasteiger charge is -2.32. The first-order valence-electron chi connectivity index (χ1n) is 7.09. The van der Waals surface area contributed by atoms with Crippen LogP contribution in [0.4, 0.5) is 0 Å². The second kappa shape index (κ2) is 7.47. The minimum Gasteiger partial charge on any atom is -0.548 e. The Balaban J connectivity index is 2.36. The van der Waals surface area contributed by atoms with Crippen molar-refractivity contribution >= 4 is 57.9 Å². The van der Waals surface area contributed by atoms with E-state index in [4.69, 9.17) is 23.8 Å². The van der Waals surface area contributed by atoms with Crippen molar-refractivity contribution in [1.82, 2.24) is 4.90 Å². The van der Waals surface area contributed by atoms with Gasteiger partial charge in [0.1, 0.15) is 4.32 Å². The molecule has 23 heavy (non-hydrogen) atoms. The molecule has 0 spiro atoms. The molecule has 2 atom stereocenters. The average molecular weight is 369 g/mol.